The van der Waals surface area contributed by atoms with Gasteiger partial charge in [-0.15, -0.1) is 11.8 Å². The van der Waals surface area contributed by atoms with Gasteiger partial charge in [0.2, 0.25) is 0 Å². The number of nitro groups is 1. The molecule has 0 saturated heterocycles. The molecule has 6 nitrogen and oxygen atoms in total. The Balaban J connectivity index is 2.37. The Bertz CT molecular complexity index is 854. The average Bonchev–Trinajstić information content (AvgIpc) is 2.54. The third-order valence-corrected chi connectivity index (χ3v) is 6.44. The van der Waals surface area contributed by atoms with Gasteiger partial charge >= 0.3 is 0 Å². The van der Waals surface area contributed by atoms with Crippen LogP contribution in [0.5, 0.6) is 0 Å². The average molecular weight is 387 g/mol. The van der Waals surface area contributed by atoms with Crippen molar-refractivity contribution in [3.05, 3.63) is 63.2 Å². The molecule has 0 bridgehead atoms. The SMILES string of the molecule is CSc1ccc(CN(C)S(=O)(=O)c2c(Cl)cccc2[N+](=O)[O-])cc1. The molecule has 128 valence electrons. The summed E-state index contributed by atoms with van der Waals surface area (Å²) in [7, 11) is -2.74. The molecule has 0 radical (unpaired) electrons. The van der Waals surface area contributed by atoms with Gasteiger partial charge in [-0.1, -0.05) is 29.8 Å². The van der Waals surface area contributed by atoms with Crippen LogP contribution in [0.15, 0.2) is 52.3 Å². The molecule has 0 aliphatic carbocycles. The Hall–Kier alpha value is -1.61. The molecule has 0 fully saturated rings. The molecule has 2 aromatic carbocycles. The molecule has 0 unspecified atom stereocenters. The van der Waals surface area contributed by atoms with Crippen LogP contribution in [0.1, 0.15) is 5.56 Å². The summed E-state index contributed by atoms with van der Waals surface area (Å²) in [5, 5.41) is 11.0. The lowest BCUT2D eigenvalue weighted by molar-refractivity contribution is -0.387. The zero-order chi connectivity index (χ0) is 17.9. The van der Waals surface area contributed by atoms with E-state index in [1.165, 1.54) is 19.2 Å². The van der Waals surface area contributed by atoms with Gasteiger partial charge in [0.15, 0.2) is 4.90 Å². The van der Waals surface area contributed by atoms with Gasteiger partial charge < -0.3 is 0 Å². The van der Waals surface area contributed by atoms with Crippen molar-refractivity contribution < 1.29 is 13.3 Å². The highest BCUT2D eigenvalue weighted by molar-refractivity contribution is 7.98. The predicted molar refractivity (Wildman–Crippen MR) is 95.0 cm³/mol. The summed E-state index contributed by atoms with van der Waals surface area (Å²) in [4.78, 5) is 11.0. The standard InChI is InChI=1S/C15H15ClN2O4S2/c1-17(10-11-6-8-12(23-2)9-7-11)24(21,22)15-13(16)4-3-5-14(15)18(19)20/h3-9H,10H2,1-2H3. The zero-order valence-corrected chi connectivity index (χ0v) is 15.4. The van der Waals surface area contributed by atoms with Crippen LogP contribution in [-0.2, 0) is 16.6 Å². The number of rotatable bonds is 6. The minimum Gasteiger partial charge on any atom is -0.258 e. The van der Waals surface area contributed by atoms with Gasteiger partial charge in [-0.3, -0.25) is 10.1 Å². The summed E-state index contributed by atoms with van der Waals surface area (Å²) in [6.45, 7) is 0.0827. The van der Waals surface area contributed by atoms with E-state index in [1.54, 1.807) is 11.8 Å². The highest BCUT2D eigenvalue weighted by atomic mass is 35.5. The van der Waals surface area contributed by atoms with E-state index in [1.807, 2.05) is 30.5 Å². The Morgan fingerprint density at radius 2 is 1.83 bits per heavy atom. The molecule has 2 rings (SSSR count). The second kappa shape index (κ2) is 7.52. The molecule has 0 heterocycles. The van der Waals surface area contributed by atoms with Crippen LogP contribution in [0.2, 0.25) is 5.02 Å². The van der Waals surface area contributed by atoms with Gasteiger partial charge in [0, 0.05) is 24.6 Å². The first-order valence-electron chi connectivity index (χ1n) is 6.79. The van der Waals surface area contributed by atoms with Crippen LogP contribution in [0.25, 0.3) is 0 Å². The fourth-order valence-corrected chi connectivity index (χ4v) is 4.35. The molecule has 0 N–H and O–H groups in total. The summed E-state index contributed by atoms with van der Waals surface area (Å²) < 4.78 is 26.5. The Labute approximate surface area is 149 Å². The molecule has 0 amide bonds. The maximum atomic E-state index is 12.7. The third kappa shape index (κ3) is 3.89. The summed E-state index contributed by atoms with van der Waals surface area (Å²) in [5.41, 5.74) is 0.237. The molecule has 0 saturated carbocycles. The quantitative estimate of drug-likeness (QED) is 0.428. The maximum Gasteiger partial charge on any atom is 0.290 e. The first-order valence-corrected chi connectivity index (χ1v) is 9.84. The van der Waals surface area contributed by atoms with Crippen molar-refractivity contribution in [2.24, 2.45) is 0 Å². The van der Waals surface area contributed by atoms with E-state index in [2.05, 4.69) is 0 Å². The number of hydrogen-bond acceptors (Lipinski definition) is 5. The summed E-state index contributed by atoms with van der Waals surface area (Å²) in [6.07, 6.45) is 1.95. The van der Waals surface area contributed by atoms with Crippen molar-refractivity contribution in [2.75, 3.05) is 13.3 Å². The van der Waals surface area contributed by atoms with E-state index in [9.17, 15) is 18.5 Å². The van der Waals surface area contributed by atoms with Crippen LogP contribution in [0.4, 0.5) is 5.69 Å². The Morgan fingerprint density at radius 3 is 2.38 bits per heavy atom. The van der Waals surface area contributed by atoms with Crippen LogP contribution < -0.4 is 0 Å². The molecule has 2 aromatic rings. The van der Waals surface area contributed by atoms with E-state index in [0.29, 0.717) is 0 Å². The van der Waals surface area contributed by atoms with Crippen molar-refractivity contribution in [1.82, 2.24) is 4.31 Å². The number of halogens is 1. The number of sulfonamides is 1. The summed E-state index contributed by atoms with van der Waals surface area (Å²) in [5.74, 6) is 0. The number of nitro benzene ring substituents is 1. The highest BCUT2D eigenvalue weighted by Gasteiger charge is 2.32. The van der Waals surface area contributed by atoms with Gasteiger partial charge in [0.05, 0.1) is 9.95 Å². The monoisotopic (exact) mass is 386 g/mol. The predicted octanol–water partition coefficient (Wildman–Crippen LogP) is 3.79. The van der Waals surface area contributed by atoms with Crippen molar-refractivity contribution in [2.45, 2.75) is 16.3 Å². The first kappa shape index (κ1) is 18.7. The Kier molecular flexibility index (Phi) is 5.87. The van der Waals surface area contributed by atoms with Crippen molar-refractivity contribution in [3.63, 3.8) is 0 Å². The van der Waals surface area contributed by atoms with Crippen molar-refractivity contribution >= 4 is 39.1 Å². The summed E-state index contributed by atoms with van der Waals surface area (Å²) in [6, 6.07) is 11.2. The second-order valence-corrected chi connectivity index (χ2v) is 8.22. The molecule has 24 heavy (non-hydrogen) atoms. The lowest BCUT2D eigenvalue weighted by Crippen LogP contribution is -2.27. The molecule has 9 heteroatoms. The van der Waals surface area contributed by atoms with E-state index < -0.39 is 25.5 Å². The molecule has 0 atom stereocenters. The van der Waals surface area contributed by atoms with Crippen LogP contribution >= 0.6 is 23.4 Å². The molecule has 0 aliphatic heterocycles. The normalized spacial score (nSPS) is 11.7. The van der Waals surface area contributed by atoms with E-state index in [0.717, 1.165) is 20.8 Å². The maximum absolute atomic E-state index is 12.7. The Morgan fingerprint density at radius 1 is 1.21 bits per heavy atom. The largest absolute Gasteiger partial charge is 0.290 e. The lowest BCUT2D eigenvalue weighted by Gasteiger charge is -2.18. The van der Waals surface area contributed by atoms with Gasteiger partial charge in [0.25, 0.3) is 15.7 Å². The topological polar surface area (TPSA) is 80.5 Å². The third-order valence-electron chi connectivity index (χ3n) is 3.38. The number of hydrogen-bond donors (Lipinski definition) is 0. The number of benzene rings is 2. The number of nitrogens with zero attached hydrogens (tertiary/aromatic N) is 2. The molecule has 0 aromatic heterocycles. The fourth-order valence-electron chi connectivity index (χ4n) is 2.13. The molecule has 0 spiro atoms. The van der Waals surface area contributed by atoms with Crippen LogP contribution in [-0.4, -0.2) is 30.9 Å². The van der Waals surface area contributed by atoms with Gasteiger partial charge in [0.1, 0.15) is 0 Å². The van der Waals surface area contributed by atoms with Gasteiger partial charge in [-0.05, 0) is 30.0 Å². The highest BCUT2D eigenvalue weighted by Crippen LogP contribution is 2.33. The lowest BCUT2D eigenvalue weighted by atomic mass is 10.2. The van der Waals surface area contributed by atoms with E-state index >= 15 is 0 Å². The smallest absolute Gasteiger partial charge is 0.258 e. The molecule has 0 aliphatic rings. The van der Waals surface area contributed by atoms with E-state index in [4.69, 9.17) is 11.6 Å². The van der Waals surface area contributed by atoms with Crippen LogP contribution in [0, 0.1) is 10.1 Å². The minimum absolute atomic E-state index is 0.0827. The second-order valence-electron chi connectivity index (χ2n) is 4.95. The van der Waals surface area contributed by atoms with Gasteiger partial charge in [-0.25, -0.2) is 8.42 Å². The fraction of sp³-hybridized carbons (Fsp3) is 0.200. The van der Waals surface area contributed by atoms with Crippen molar-refractivity contribution in [1.29, 1.82) is 0 Å². The van der Waals surface area contributed by atoms with E-state index in [-0.39, 0.29) is 11.6 Å². The first-order chi connectivity index (χ1) is 11.3. The zero-order valence-electron chi connectivity index (χ0n) is 13.0. The van der Waals surface area contributed by atoms with Gasteiger partial charge in [-0.2, -0.15) is 4.31 Å². The molecular weight excluding hydrogens is 372 g/mol. The number of thioether (sulfide) groups is 1. The minimum atomic E-state index is -4.10. The van der Waals surface area contributed by atoms with Crippen molar-refractivity contribution in [3.8, 4) is 0 Å². The van der Waals surface area contributed by atoms with Crippen LogP contribution in [0.3, 0.4) is 0 Å². The summed E-state index contributed by atoms with van der Waals surface area (Å²) >= 11 is 7.51. The molecular formula is C15H15ClN2O4S2.